The van der Waals surface area contributed by atoms with Gasteiger partial charge >= 0.3 is 0 Å². The fraction of sp³-hybridized carbons (Fsp3) is 0.500. The van der Waals surface area contributed by atoms with Gasteiger partial charge < -0.3 is 11.1 Å². The zero-order valence-corrected chi connectivity index (χ0v) is 9.50. The highest BCUT2D eigenvalue weighted by molar-refractivity contribution is 6.31. The van der Waals surface area contributed by atoms with E-state index >= 15 is 0 Å². The molecule has 3 heteroatoms. The van der Waals surface area contributed by atoms with Gasteiger partial charge in [-0.1, -0.05) is 29.8 Å². The number of benzene rings is 1. The summed E-state index contributed by atoms with van der Waals surface area (Å²) in [4.78, 5) is 0. The quantitative estimate of drug-likeness (QED) is 0.767. The fourth-order valence-corrected chi connectivity index (χ4v) is 2.50. The second-order valence-electron chi connectivity index (χ2n) is 4.12. The van der Waals surface area contributed by atoms with E-state index < -0.39 is 0 Å². The standard InChI is InChI=1S/C12H17ClN2/c13-11-4-2-1-3-9(11)10-5-7-15-8-6-12(10)14/h1-4,10,12,15H,5-8,14H2. The minimum Gasteiger partial charge on any atom is -0.327 e. The van der Waals surface area contributed by atoms with Crippen molar-refractivity contribution in [3.05, 3.63) is 34.9 Å². The van der Waals surface area contributed by atoms with E-state index in [0.717, 1.165) is 31.0 Å². The molecule has 2 nitrogen and oxygen atoms in total. The number of hydrogen-bond donors (Lipinski definition) is 2. The molecule has 0 aliphatic carbocycles. The molecule has 2 atom stereocenters. The highest BCUT2D eigenvalue weighted by Crippen LogP contribution is 2.30. The molecule has 3 N–H and O–H groups in total. The molecule has 2 rings (SSSR count). The van der Waals surface area contributed by atoms with Crippen LogP contribution < -0.4 is 11.1 Å². The van der Waals surface area contributed by atoms with E-state index in [1.54, 1.807) is 0 Å². The van der Waals surface area contributed by atoms with Gasteiger partial charge in [-0.05, 0) is 37.6 Å². The molecule has 1 saturated heterocycles. The highest BCUT2D eigenvalue weighted by atomic mass is 35.5. The summed E-state index contributed by atoms with van der Waals surface area (Å²) in [5, 5.41) is 4.22. The maximum absolute atomic E-state index is 6.20. The SMILES string of the molecule is NC1CCNCCC1c1ccccc1Cl. The summed E-state index contributed by atoms with van der Waals surface area (Å²) in [5.41, 5.74) is 7.39. The topological polar surface area (TPSA) is 38.0 Å². The predicted octanol–water partition coefficient (Wildman–Crippen LogP) is 2.13. The maximum Gasteiger partial charge on any atom is 0.0441 e. The van der Waals surface area contributed by atoms with Crippen LogP contribution in [0.25, 0.3) is 0 Å². The minimum absolute atomic E-state index is 0.222. The number of rotatable bonds is 1. The van der Waals surface area contributed by atoms with Crippen LogP contribution in [0.15, 0.2) is 24.3 Å². The Morgan fingerprint density at radius 3 is 2.73 bits per heavy atom. The van der Waals surface area contributed by atoms with Crippen LogP contribution in [0.3, 0.4) is 0 Å². The van der Waals surface area contributed by atoms with Crippen LogP contribution in [0.4, 0.5) is 0 Å². The summed E-state index contributed by atoms with van der Waals surface area (Å²) in [5.74, 6) is 0.397. The van der Waals surface area contributed by atoms with E-state index in [1.807, 2.05) is 18.2 Å². The number of nitrogens with one attached hydrogen (secondary N) is 1. The van der Waals surface area contributed by atoms with Crippen LogP contribution in [0.1, 0.15) is 24.3 Å². The summed E-state index contributed by atoms with van der Waals surface area (Å²) in [6.07, 6.45) is 2.10. The molecule has 0 aromatic heterocycles. The lowest BCUT2D eigenvalue weighted by Crippen LogP contribution is -2.28. The maximum atomic E-state index is 6.20. The smallest absolute Gasteiger partial charge is 0.0441 e. The Balaban J connectivity index is 2.24. The van der Waals surface area contributed by atoms with Crippen molar-refractivity contribution >= 4 is 11.6 Å². The summed E-state index contributed by atoms with van der Waals surface area (Å²) >= 11 is 6.20. The Hall–Kier alpha value is -0.570. The first-order chi connectivity index (χ1) is 7.29. The van der Waals surface area contributed by atoms with E-state index in [0.29, 0.717) is 5.92 Å². The summed E-state index contributed by atoms with van der Waals surface area (Å²) in [7, 11) is 0. The third-order valence-electron chi connectivity index (χ3n) is 3.11. The first-order valence-electron chi connectivity index (χ1n) is 5.50. The molecule has 1 aliphatic rings. The first kappa shape index (κ1) is 10.9. The summed E-state index contributed by atoms with van der Waals surface area (Å²) < 4.78 is 0. The Morgan fingerprint density at radius 1 is 1.20 bits per heavy atom. The number of hydrogen-bond acceptors (Lipinski definition) is 2. The third-order valence-corrected chi connectivity index (χ3v) is 3.45. The number of nitrogens with two attached hydrogens (primary N) is 1. The summed E-state index contributed by atoms with van der Waals surface area (Å²) in [6.45, 7) is 2.05. The molecule has 0 spiro atoms. The van der Waals surface area contributed by atoms with E-state index in [9.17, 15) is 0 Å². The molecular weight excluding hydrogens is 208 g/mol. The Kier molecular flexibility index (Phi) is 3.62. The van der Waals surface area contributed by atoms with Crippen molar-refractivity contribution in [3.8, 4) is 0 Å². The zero-order valence-electron chi connectivity index (χ0n) is 8.75. The van der Waals surface area contributed by atoms with Crippen molar-refractivity contribution in [2.45, 2.75) is 24.8 Å². The minimum atomic E-state index is 0.222. The van der Waals surface area contributed by atoms with Gasteiger partial charge in [0.25, 0.3) is 0 Å². The van der Waals surface area contributed by atoms with E-state index in [1.165, 1.54) is 5.56 Å². The molecule has 0 saturated carbocycles. The summed E-state index contributed by atoms with van der Waals surface area (Å²) in [6, 6.07) is 8.26. The zero-order chi connectivity index (χ0) is 10.7. The first-order valence-corrected chi connectivity index (χ1v) is 5.87. The average Bonchev–Trinajstić information content (AvgIpc) is 2.44. The van der Waals surface area contributed by atoms with Gasteiger partial charge in [-0.15, -0.1) is 0 Å². The van der Waals surface area contributed by atoms with Crippen molar-refractivity contribution in [1.29, 1.82) is 0 Å². The van der Waals surface area contributed by atoms with Crippen LogP contribution >= 0.6 is 11.6 Å². The van der Waals surface area contributed by atoms with Crippen LogP contribution in [0, 0.1) is 0 Å². The van der Waals surface area contributed by atoms with Crippen molar-refractivity contribution in [3.63, 3.8) is 0 Å². The second kappa shape index (κ2) is 4.97. The second-order valence-corrected chi connectivity index (χ2v) is 4.53. The molecule has 0 radical (unpaired) electrons. The van der Waals surface area contributed by atoms with Crippen LogP contribution in [-0.4, -0.2) is 19.1 Å². The van der Waals surface area contributed by atoms with Crippen LogP contribution in [0.5, 0.6) is 0 Å². The lowest BCUT2D eigenvalue weighted by atomic mass is 9.88. The van der Waals surface area contributed by atoms with Gasteiger partial charge in [-0.25, -0.2) is 0 Å². The van der Waals surface area contributed by atoms with Crippen molar-refractivity contribution < 1.29 is 0 Å². The van der Waals surface area contributed by atoms with Crippen molar-refractivity contribution in [1.82, 2.24) is 5.32 Å². The molecule has 1 aromatic carbocycles. The van der Waals surface area contributed by atoms with Crippen LogP contribution in [0.2, 0.25) is 5.02 Å². The normalized spacial score (nSPS) is 27.3. The van der Waals surface area contributed by atoms with E-state index in [-0.39, 0.29) is 6.04 Å². The van der Waals surface area contributed by atoms with Crippen molar-refractivity contribution in [2.24, 2.45) is 5.73 Å². The number of halogens is 1. The fourth-order valence-electron chi connectivity index (χ4n) is 2.23. The average molecular weight is 225 g/mol. The van der Waals surface area contributed by atoms with E-state index in [4.69, 9.17) is 17.3 Å². The highest BCUT2D eigenvalue weighted by Gasteiger charge is 2.23. The van der Waals surface area contributed by atoms with Gasteiger partial charge in [0, 0.05) is 17.0 Å². The largest absolute Gasteiger partial charge is 0.327 e. The van der Waals surface area contributed by atoms with Gasteiger partial charge in [0.1, 0.15) is 0 Å². The van der Waals surface area contributed by atoms with E-state index in [2.05, 4.69) is 11.4 Å². The molecule has 1 heterocycles. The molecule has 1 aliphatic heterocycles. The molecule has 1 aromatic rings. The molecule has 0 bridgehead atoms. The Labute approximate surface area is 95.8 Å². The third kappa shape index (κ3) is 2.51. The molecule has 82 valence electrons. The molecule has 0 amide bonds. The molecular formula is C12H17ClN2. The molecule has 1 fully saturated rings. The lowest BCUT2D eigenvalue weighted by molar-refractivity contribution is 0.519. The monoisotopic (exact) mass is 224 g/mol. The predicted molar refractivity (Wildman–Crippen MR) is 64.3 cm³/mol. The van der Waals surface area contributed by atoms with Gasteiger partial charge in [0.15, 0.2) is 0 Å². The molecule has 15 heavy (non-hydrogen) atoms. The van der Waals surface area contributed by atoms with Gasteiger partial charge in [0.2, 0.25) is 0 Å². The Morgan fingerprint density at radius 2 is 1.93 bits per heavy atom. The van der Waals surface area contributed by atoms with Gasteiger partial charge in [-0.2, -0.15) is 0 Å². The lowest BCUT2D eigenvalue weighted by Gasteiger charge is -2.22. The van der Waals surface area contributed by atoms with Gasteiger partial charge in [0.05, 0.1) is 0 Å². The van der Waals surface area contributed by atoms with Crippen molar-refractivity contribution in [2.75, 3.05) is 13.1 Å². The van der Waals surface area contributed by atoms with Gasteiger partial charge in [-0.3, -0.25) is 0 Å². The molecule has 2 unspecified atom stereocenters. The van der Waals surface area contributed by atoms with Crippen LogP contribution in [-0.2, 0) is 0 Å². The Bertz CT molecular complexity index is 327.